The van der Waals surface area contributed by atoms with E-state index in [2.05, 4.69) is 15.3 Å². The predicted molar refractivity (Wildman–Crippen MR) is 93.6 cm³/mol. The van der Waals surface area contributed by atoms with Gasteiger partial charge in [-0.1, -0.05) is 23.7 Å². The van der Waals surface area contributed by atoms with Crippen LogP contribution < -0.4 is 5.32 Å². The molecule has 3 aromatic rings. The molecule has 2 aromatic heterocycles. The van der Waals surface area contributed by atoms with Crippen molar-refractivity contribution in [2.24, 2.45) is 0 Å². The summed E-state index contributed by atoms with van der Waals surface area (Å²) in [7, 11) is 0. The lowest BCUT2D eigenvalue weighted by molar-refractivity contribution is -0.152. The van der Waals surface area contributed by atoms with Gasteiger partial charge in [-0.05, 0) is 24.3 Å². The fourth-order valence-corrected chi connectivity index (χ4v) is 2.60. The third-order valence-electron chi connectivity index (χ3n) is 3.59. The number of esters is 1. The van der Waals surface area contributed by atoms with E-state index in [9.17, 15) is 22.8 Å². The van der Waals surface area contributed by atoms with Gasteiger partial charge in [-0.15, -0.1) is 0 Å². The molecular formula is C17H12ClF3N4O3. The van der Waals surface area contributed by atoms with Crippen LogP contribution in [0.15, 0.2) is 42.6 Å². The predicted octanol–water partition coefficient (Wildman–Crippen LogP) is 3.29. The van der Waals surface area contributed by atoms with Gasteiger partial charge in [0.2, 0.25) is 5.82 Å². The monoisotopic (exact) mass is 412 g/mol. The number of carbonyl (C=O) groups excluding carboxylic acids is 2. The maximum absolute atomic E-state index is 13.2. The number of hydrogen-bond donors (Lipinski definition) is 1. The number of hydrogen-bond acceptors (Lipinski definition) is 5. The first kappa shape index (κ1) is 19.6. The lowest BCUT2D eigenvalue weighted by Gasteiger charge is -2.11. The van der Waals surface area contributed by atoms with Crippen LogP contribution >= 0.6 is 11.6 Å². The van der Waals surface area contributed by atoms with Crippen molar-refractivity contribution >= 4 is 40.2 Å². The quantitative estimate of drug-likeness (QED) is 0.513. The normalized spacial score (nSPS) is 11.4. The van der Waals surface area contributed by atoms with Crippen molar-refractivity contribution in [3.05, 3.63) is 53.6 Å². The molecule has 0 radical (unpaired) electrons. The summed E-state index contributed by atoms with van der Waals surface area (Å²) >= 11 is 5.79. The average Bonchev–Trinajstić information content (AvgIpc) is 3.01. The van der Waals surface area contributed by atoms with Crippen LogP contribution in [0.25, 0.3) is 11.0 Å². The number of benzene rings is 1. The highest BCUT2D eigenvalue weighted by molar-refractivity contribution is 6.32. The maximum Gasteiger partial charge on any atom is 0.449 e. The Kier molecular flexibility index (Phi) is 5.50. The number of anilines is 1. The first-order valence-electron chi connectivity index (χ1n) is 7.84. The number of ether oxygens (including phenoxy) is 1. The molecule has 146 valence electrons. The van der Waals surface area contributed by atoms with Crippen LogP contribution in [0.4, 0.5) is 18.9 Å². The number of fused-ring (bicyclic) bond motifs is 1. The summed E-state index contributed by atoms with van der Waals surface area (Å²) in [5.74, 6) is -2.96. The van der Waals surface area contributed by atoms with Crippen LogP contribution in [0.2, 0.25) is 5.15 Å². The van der Waals surface area contributed by atoms with Gasteiger partial charge in [0.25, 0.3) is 5.91 Å². The van der Waals surface area contributed by atoms with Crippen molar-refractivity contribution < 1.29 is 27.5 Å². The molecule has 0 aliphatic heterocycles. The molecule has 0 aliphatic rings. The lowest BCUT2D eigenvalue weighted by Crippen LogP contribution is -2.25. The van der Waals surface area contributed by atoms with Gasteiger partial charge in [0.15, 0.2) is 11.8 Å². The minimum Gasteiger partial charge on any atom is -0.454 e. The first-order valence-corrected chi connectivity index (χ1v) is 8.22. The lowest BCUT2D eigenvalue weighted by atomic mass is 10.3. The molecule has 0 bridgehead atoms. The second-order valence-electron chi connectivity index (χ2n) is 5.56. The van der Waals surface area contributed by atoms with Gasteiger partial charge in [0.1, 0.15) is 6.54 Å². The van der Waals surface area contributed by atoms with E-state index in [0.29, 0.717) is 4.57 Å². The molecular weight excluding hydrogens is 401 g/mol. The Bertz CT molecular complexity index is 1040. The van der Waals surface area contributed by atoms with Crippen molar-refractivity contribution in [2.75, 3.05) is 11.9 Å². The number of nitrogens with one attached hydrogen (secondary N) is 1. The van der Waals surface area contributed by atoms with Gasteiger partial charge >= 0.3 is 12.1 Å². The van der Waals surface area contributed by atoms with E-state index >= 15 is 0 Å². The number of halogens is 4. The zero-order valence-electron chi connectivity index (χ0n) is 14.0. The van der Waals surface area contributed by atoms with Gasteiger partial charge in [-0.2, -0.15) is 13.2 Å². The third kappa shape index (κ3) is 4.39. The molecule has 1 aromatic carbocycles. The minimum absolute atomic E-state index is 0.0434. The molecule has 0 saturated carbocycles. The Labute approximate surface area is 161 Å². The van der Waals surface area contributed by atoms with Crippen molar-refractivity contribution in [1.29, 1.82) is 0 Å². The Hall–Kier alpha value is -3.14. The summed E-state index contributed by atoms with van der Waals surface area (Å²) in [6.45, 7) is -1.45. The van der Waals surface area contributed by atoms with E-state index in [0.717, 1.165) is 0 Å². The van der Waals surface area contributed by atoms with Gasteiger partial charge in [0, 0.05) is 6.20 Å². The first-order chi connectivity index (χ1) is 13.3. The van der Waals surface area contributed by atoms with E-state index < -0.39 is 37.0 Å². The largest absolute Gasteiger partial charge is 0.454 e. The van der Waals surface area contributed by atoms with E-state index in [4.69, 9.17) is 16.3 Å². The number of aromatic nitrogens is 3. The summed E-state index contributed by atoms with van der Waals surface area (Å²) in [6.07, 6.45) is -3.33. The number of para-hydroxylation sites is 2. The Morgan fingerprint density at radius 2 is 1.93 bits per heavy atom. The molecule has 0 aliphatic carbocycles. The van der Waals surface area contributed by atoms with Crippen molar-refractivity contribution in [1.82, 2.24) is 14.5 Å². The van der Waals surface area contributed by atoms with Crippen LogP contribution in [0.1, 0.15) is 5.82 Å². The molecule has 0 fully saturated rings. The number of nitrogens with zero attached hydrogens (tertiary/aromatic N) is 3. The highest BCUT2D eigenvalue weighted by Gasteiger charge is 2.38. The van der Waals surface area contributed by atoms with Crippen molar-refractivity contribution in [2.45, 2.75) is 12.7 Å². The van der Waals surface area contributed by atoms with Crippen LogP contribution in [0.3, 0.4) is 0 Å². The van der Waals surface area contributed by atoms with Crippen LogP contribution in [0, 0.1) is 0 Å². The zero-order chi connectivity index (χ0) is 20.3. The zero-order valence-corrected chi connectivity index (χ0v) is 14.8. The highest BCUT2D eigenvalue weighted by Crippen LogP contribution is 2.31. The molecule has 7 nitrogen and oxygen atoms in total. The van der Waals surface area contributed by atoms with Crippen LogP contribution in [0.5, 0.6) is 0 Å². The number of imidazole rings is 1. The molecule has 0 atom stereocenters. The third-order valence-corrected chi connectivity index (χ3v) is 3.89. The van der Waals surface area contributed by atoms with Gasteiger partial charge in [0.05, 0.1) is 16.7 Å². The number of rotatable bonds is 5. The fourth-order valence-electron chi connectivity index (χ4n) is 2.44. The molecule has 3 rings (SSSR count). The molecule has 2 heterocycles. The van der Waals surface area contributed by atoms with Crippen molar-refractivity contribution in [3.63, 3.8) is 0 Å². The topological polar surface area (TPSA) is 86.1 Å². The molecule has 28 heavy (non-hydrogen) atoms. The fraction of sp³-hybridized carbons (Fsp3) is 0.176. The molecule has 0 spiro atoms. The number of amides is 1. The van der Waals surface area contributed by atoms with Crippen molar-refractivity contribution in [3.8, 4) is 0 Å². The van der Waals surface area contributed by atoms with E-state index in [-0.39, 0.29) is 21.9 Å². The SMILES string of the molecule is O=C(COC(=O)Cn1c(C(F)(F)F)nc2ccccc21)Nc1cccnc1Cl. The maximum atomic E-state index is 13.2. The number of alkyl halides is 3. The average molecular weight is 413 g/mol. The molecule has 1 N–H and O–H groups in total. The number of carbonyl (C=O) groups is 2. The smallest absolute Gasteiger partial charge is 0.449 e. The standard InChI is InChI=1S/C17H12ClF3N4O3/c18-15-11(5-3-7-22-15)23-13(26)9-28-14(27)8-25-12-6-2-1-4-10(12)24-16(25)17(19,20)21/h1-7H,8-9H2,(H,23,26). The van der Waals surface area contributed by atoms with E-state index in [1.54, 1.807) is 0 Å². The van der Waals surface area contributed by atoms with Gasteiger partial charge < -0.3 is 14.6 Å². The van der Waals surface area contributed by atoms with Crippen LogP contribution in [-0.4, -0.2) is 33.0 Å². The second-order valence-corrected chi connectivity index (χ2v) is 5.92. The number of pyridine rings is 1. The Morgan fingerprint density at radius 1 is 1.18 bits per heavy atom. The molecule has 0 saturated heterocycles. The second kappa shape index (κ2) is 7.85. The Balaban J connectivity index is 1.68. The molecule has 11 heteroatoms. The van der Waals surface area contributed by atoms with E-state index in [1.807, 2.05) is 0 Å². The van der Waals surface area contributed by atoms with Gasteiger partial charge in [-0.25, -0.2) is 9.97 Å². The summed E-state index contributed by atoms with van der Waals surface area (Å²) in [5, 5.41) is 2.42. The minimum atomic E-state index is -4.76. The summed E-state index contributed by atoms with van der Waals surface area (Å²) < 4.78 is 45.1. The summed E-state index contributed by atoms with van der Waals surface area (Å²) in [4.78, 5) is 31.1. The van der Waals surface area contributed by atoms with Gasteiger partial charge in [-0.3, -0.25) is 9.59 Å². The Morgan fingerprint density at radius 3 is 2.64 bits per heavy atom. The molecule has 1 amide bonds. The van der Waals surface area contributed by atoms with Crippen LogP contribution in [-0.2, 0) is 27.0 Å². The summed E-state index contributed by atoms with van der Waals surface area (Å²) in [5.41, 5.74) is 0.426. The summed E-state index contributed by atoms with van der Waals surface area (Å²) in [6, 6.07) is 8.89. The van der Waals surface area contributed by atoms with E-state index in [1.165, 1.54) is 42.6 Å². The molecule has 0 unspecified atom stereocenters. The highest BCUT2D eigenvalue weighted by atomic mass is 35.5.